The molecule has 1 heterocycles. The van der Waals surface area contributed by atoms with Crippen molar-refractivity contribution in [2.75, 3.05) is 6.54 Å². The molecule has 0 bridgehead atoms. The Morgan fingerprint density at radius 2 is 1.51 bits per heavy atom. The van der Waals surface area contributed by atoms with Gasteiger partial charge in [0.1, 0.15) is 5.54 Å². The quantitative estimate of drug-likeness (QED) is 0.110. The summed E-state index contributed by atoms with van der Waals surface area (Å²) in [5.74, 6) is -0.389. The molecule has 0 aliphatic carbocycles. The summed E-state index contributed by atoms with van der Waals surface area (Å²) in [5.41, 5.74) is -1.36. The number of nitrogens with one attached hydrogen (secondary N) is 3. The molecule has 2 unspecified atom stereocenters. The summed E-state index contributed by atoms with van der Waals surface area (Å²) in [6.07, 6.45) is 4.60. The Labute approximate surface area is 246 Å². The van der Waals surface area contributed by atoms with E-state index < -0.39 is 11.1 Å². The molecule has 2 atom stereocenters. The molecule has 2 rings (SSSR count). The topological polar surface area (TPSA) is 88.7 Å². The van der Waals surface area contributed by atoms with Gasteiger partial charge in [0.2, 0.25) is 11.8 Å². The zero-order valence-electron chi connectivity index (χ0n) is 25.0. The van der Waals surface area contributed by atoms with Crippen molar-refractivity contribution < 1.29 is 18.9 Å². The number of halogens is 2. The number of unbranched alkanes of at least 4 members (excludes halogenated alkanes) is 1. The molecule has 0 spiro atoms. The maximum atomic E-state index is 13.6. The molecule has 0 radical (unpaired) electrons. The lowest BCUT2D eigenvalue weighted by Gasteiger charge is -2.36. The Kier molecular flexibility index (Phi) is 12.2. The monoisotopic (exact) mass is 583 g/mol. The fraction of sp³-hybridized carbons (Fsp3) is 0.724. The highest BCUT2D eigenvalue weighted by molar-refractivity contribution is 6.45. The number of rotatable bonds is 14. The van der Waals surface area contributed by atoms with Gasteiger partial charge in [0, 0.05) is 23.9 Å². The van der Waals surface area contributed by atoms with Crippen LogP contribution < -0.4 is 16.0 Å². The maximum Gasteiger partial charge on any atom is 0.457 e. The van der Waals surface area contributed by atoms with Gasteiger partial charge >= 0.3 is 7.12 Å². The molecular formula is C29H48BCl2N3O4. The summed E-state index contributed by atoms with van der Waals surface area (Å²) >= 11 is 12.5. The van der Waals surface area contributed by atoms with E-state index in [0.29, 0.717) is 37.3 Å². The summed E-state index contributed by atoms with van der Waals surface area (Å²) in [7, 11) is -0.279. The minimum absolute atomic E-state index is 0.163. The van der Waals surface area contributed by atoms with Gasteiger partial charge in [0.05, 0.1) is 16.7 Å². The van der Waals surface area contributed by atoms with Gasteiger partial charge in [0.15, 0.2) is 0 Å². The first-order chi connectivity index (χ1) is 17.9. The van der Waals surface area contributed by atoms with Crippen LogP contribution in [-0.2, 0) is 25.3 Å². The van der Waals surface area contributed by atoms with Crippen LogP contribution in [0.3, 0.4) is 0 Å². The highest BCUT2D eigenvalue weighted by atomic mass is 35.5. The van der Waals surface area contributed by atoms with E-state index in [4.69, 9.17) is 32.5 Å². The molecule has 1 aromatic rings. The van der Waals surface area contributed by atoms with E-state index in [-0.39, 0.29) is 35.6 Å². The lowest BCUT2D eigenvalue weighted by atomic mass is 9.79. The summed E-state index contributed by atoms with van der Waals surface area (Å²) in [6, 6.07) is 7.62. The molecule has 1 fully saturated rings. The Balaban J connectivity index is 2.00. The predicted molar refractivity (Wildman–Crippen MR) is 161 cm³/mol. The number of amides is 2. The first kappa shape index (κ1) is 33.9. The third-order valence-corrected chi connectivity index (χ3v) is 7.97. The molecule has 3 N–H and O–H groups in total. The van der Waals surface area contributed by atoms with Crippen molar-refractivity contribution in [2.24, 2.45) is 0 Å². The van der Waals surface area contributed by atoms with Crippen molar-refractivity contribution in [1.29, 1.82) is 0 Å². The van der Waals surface area contributed by atoms with E-state index in [9.17, 15) is 9.59 Å². The van der Waals surface area contributed by atoms with Gasteiger partial charge in [-0.25, -0.2) is 0 Å². The van der Waals surface area contributed by atoms with Gasteiger partial charge in [-0.2, -0.15) is 0 Å². The van der Waals surface area contributed by atoms with Crippen LogP contribution >= 0.6 is 23.2 Å². The number of carbonyl (C=O) groups is 2. The maximum absolute atomic E-state index is 13.6. The Bertz CT molecular complexity index is 937. The molecule has 2 amide bonds. The smallest absolute Gasteiger partial charge is 0.403 e. The molecule has 39 heavy (non-hydrogen) atoms. The highest BCUT2D eigenvalue weighted by Crippen LogP contribution is 2.38. The summed E-state index contributed by atoms with van der Waals surface area (Å²) in [6.45, 7) is 16.1. The van der Waals surface area contributed by atoms with E-state index in [1.807, 2.05) is 72.7 Å². The molecule has 1 saturated heterocycles. The molecule has 1 aliphatic rings. The summed E-state index contributed by atoms with van der Waals surface area (Å²) in [4.78, 5) is 25.9. The van der Waals surface area contributed by atoms with Crippen LogP contribution in [0.5, 0.6) is 0 Å². The highest BCUT2D eigenvalue weighted by Gasteiger charge is 2.50. The van der Waals surface area contributed by atoms with Gasteiger partial charge in [-0.1, -0.05) is 36.6 Å². The van der Waals surface area contributed by atoms with Crippen molar-refractivity contribution in [3.8, 4) is 0 Å². The zero-order valence-corrected chi connectivity index (χ0v) is 26.5. The first-order valence-electron chi connectivity index (χ1n) is 14.0. The van der Waals surface area contributed by atoms with Gasteiger partial charge in [-0.15, -0.1) is 11.6 Å². The molecule has 7 nitrogen and oxygen atoms in total. The van der Waals surface area contributed by atoms with E-state index in [2.05, 4.69) is 16.0 Å². The number of carbonyl (C=O) groups excluding carboxylic acids is 2. The normalized spacial score (nSPS) is 18.9. The van der Waals surface area contributed by atoms with Crippen LogP contribution in [0.1, 0.15) is 93.1 Å². The van der Waals surface area contributed by atoms with Crippen molar-refractivity contribution in [3.63, 3.8) is 0 Å². The molecular weight excluding hydrogens is 536 g/mol. The molecule has 0 aromatic heterocycles. The third kappa shape index (κ3) is 10.9. The van der Waals surface area contributed by atoms with Crippen LogP contribution in [-0.4, -0.2) is 53.3 Å². The molecule has 1 aromatic carbocycles. The van der Waals surface area contributed by atoms with Gasteiger partial charge < -0.3 is 25.3 Å². The Hall–Kier alpha value is -1.32. The second-order valence-electron chi connectivity index (χ2n) is 12.8. The van der Waals surface area contributed by atoms with E-state index >= 15 is 0 Å². The molecule has 1 aliphatic heterocycles. The van der Waals surface area contributed by atoms with Crippen molar-refractivity contribution in [3.05, 3.63) is 34.9 Å². The van der Waals surface area contributed by atoms with Gasteiger partial charge in [0.25, 0.3) is 0 Å². The number of hydrogen-bond donors (Lipinski definition) is 3. The Morgan fingerprint density at radius 3 is 2.05 bits per heavy atom. The lowest BCUT2D eigenvalue weighted by Crippen LogP contribution is -2.61. The average Bonchev–Trinajstić information content (AvgIpc) is 3.00. The lowest BCUT2D eigenvalue weighted by molar-refractivity contribution is -0.134. The minimum Gasteiger partial charge on any atom is -0.403 e. The zero-order chi connectivity index (χ0) is 29.5. The van der Waals surface area contributed by atoms with E-state index in [0.717, 1.165) is 24.7 Å². The largest absolute Gasteiger partial charge is 0.457 e. The second kappa shape index (κ2) is 14.0. The van der Waals surface area contributed by atoms with Crippen LogP contribution in [0.4, 0.5) is 0 Å². The first-order valence-corrected chi connectivity index (χ1v) is 14.9. The van der Waals surface area contributed by atoms with Crippen LogP contribution in [0.15, 0.2) is 24.3 Å². The fourth-order valence-electron chi connectivity index (χ4n) is 4.70. The minimum atomic E-state index is -1.02. The van der Waals surface area contributed by atoms with Crippen LogP contribution in [0.25, 0.3) is 0 Å². The molecule has 220 valence electrons. The van der Waals surface area contributed by atoms with Gasteiger partial charge in [-0.3, -0.25) is 9.59 Å². The third-order valence-electron chi connectivity index (χ3n) is 7.41. The van der Waals surface area contributed by atoms with Crippen molar-refractivity contribution in [2.45, 2.75) is 128 Å². The Morgan fingerprint density at radius 1 is 0.949 bits per heavy atom. The number of alkyl halides is 1. The predicted octanol–water partition coefficient (Wildman–Crippen LogP) is 5.87. The van der Waals surface area contributed by atoms with E-state index in [1.165, 1.54) is 6.92 Å². The SMILES string of the molecule is CC(=O)NC(CCCCB1OC(C)(C)C(C)(C)O1)(CCCNC(Cl)Cc1ccc(Cl)cc1)C(=O)NC(C)(C)C. The van der Waals surface area contributed by atoms with Crippen molar-refractivity contribution in [1.82, 2.24) is 16.0 Å². The molecule has 10 heteroatoms. The fourth-order valence-corrected chi connectivity index (χ4v) is 5.11. The summed E-state index contributed by atoms with van der Waals surface area (Å²) in [5, 5.41) is 10.1. The van der Waals surface area contributed by atoms with Crippen LogP contribution in [0, 0.1) is 0 Å². The number of benzene rings is 1. The number of hydrogen-bond acceptors (Lipinski definition) is 5. The average molecular weight is 584 g/mol. The van der Waals surface area contributed by atoms with Gasteiger partial charge in [-0.05, 0) is 98.3 Å². The standard InChI is InChI=1S/C29H48BCl2N3O4/c1-21(36)34-29(25(37)35-26(2,3)4,16-9-10-18-30-38-27(5,6)28(7,8)39-30)17-11-19-33-24(32)20-22-12-14-23(31)15-13-22/h12-15,24,33H,9-11,16-20H2,1-8H3,(H,34,36)(H,35,37). The summed E-state index contributed by atoms with van der Waals surface area (Å²) < 4.78 is 12.3. The second-order valence-corrected chi connectivity index (χ2v) is 13.7. The van der Waals surface area contributed by atoms with Crippen molar-refractivity contribution >= 4 is 42.1 Å². The van der Waals surface area contributed by atoms with E-state index in [1.54, 1.807) is 0 Å². The molecule has 0 saturated carbocycles. The van der Waals surface area contributed by atoms with Crippen LogP contribution in [0.2, 0.25) is 11.3 Å².